The lowest BCUT2D eigenvalue weighted by Crippen LogP contribution is -2.50. The SMILES string of the molecule is NC(=O)CN1CCN(C(=O)C=C2CCCCC2)CC1. The minimum Gasteiger partial charge on any atom is -0.369 e. The Labute approximate surface area is 114 Å². The van der Waals surface area contributed by atoms with Gasteiger partial charge in [0.2, 0.25) is 11.8 Å². The quantitative estimate of drug-likeness (QED) is 0.756. The van der Waals surface area contributed by atoms with Crippen molar-refractivity contribution < 1.29 is 9.59 Å². The first kappa shape index (κ1) is 14.1. The molecule has 2 rings (SSSR count). The molecule has 5 heteroatoms. The van der Waals surface area contributed by atoms with E-state index in [1.54, 1.807) is 0 Å². The first-order valence-corrected chi connectivity index (χ1v) is 7.14. The molecule has 1 heterocycles. The van der Waals surface area contributed by atoms with Crippen molar-refractivity contribution >= 4 is 11.8 Å². The summed E-state index contributed by atoms with van der Waals surface area (Å²) in [5.74, 6) is -0.167. The smallest absolute Gasteiger partial charge is 0.246 e. The van der Waals surface area contributed by atoms with E-state index in [2.05, 4.69) is 0 Å². The van der Waals surface area contributed by atoms with Gasteiger partial charge in [0.05, 0.1) is 6.54 Å². The van der Waals surface area contributed by atoms with Gasteiger partial charge < -0.3 is 10.6 Å². The van der Waals surface area contributed by atoms with Crippen molar-refractivity contribution in [3.8, 4) is 0 Å². The van der Waals surface area contributed by atoms with Crippen LogP contribution in [0.4, 0.5) is 0 Å². The Morgan fingerprint density at radius 1 is 1.05 bits per heavy atom. The average molecular weight is 265 g/mol. The van der Waals surface area contributed by atoms with E-state index < -0.39 is 0 Å². The number of amides is 2. The zero-order valence-electron chi connectivity index (χ0n) is 11.4. The molecule has 0 spiro atoms. The van der Waals surface area contributed by atoms with Crippen LogP contribution in [0.2, 0.25) is 0 Å². The van der Waals surface area contributed by atoms with Crippen molar-refractivity contribution in [2.75, 3.05) is 32.7 Å². The molecule has 2 amide bonds. The second-order valence-corrected chi connectivity index (χ2v) is 5.43. The van der Waals surface area contributed by atoms with Crippen molar-refractivity contribution in [3.63, 3.8) is 0 Å². The lowest BCUT2D eigenvalue weighted by Gasteiger charge is -2.33. The highest BCUT2D eigenvalue weighted by Gasteiger charge is 2.21. The van der Waals surface area contributed by atoms with Crippen molar-refractivity contribution in [2.45, 2.75) is 32.1 Å². The second kappa shape index (κ2) is 6.70. The van der Waals surface area contributed by atoms with Gasteiger partial charge in [-0.1, -0.05) is 12.0 Å². The number of primary amides is 1. The fourth-order valence-corrected chi connectivity index (χ4v) is 2.76. The zero-order chi connectivity index (χ0) is 13.7. The summed E-state index contributed by atoms with van der Waals surface area (Å²) in [5.41, 5.74) is 6.47. The molecular weight excluding hydrogens is 242 g/mol. The van der Waals surface area contributed by atoms with Gasteiger partial charge >= 0.3 is 0 Å². The molecule has 1 aliphatic heterocycles. The monoisotopic (exact) mass is 265 g/mol. The molecule has 2 N–H and O–H groups in total. The molecule has 1 saturated heterocycles. The third-order valence-electron chi connectivity index (χ3n) is 3.89. The van der Waals surface area contributed by atoms with Gasteiger partial charge in [-0.15, -0.1) is 0 Å². The molecule has 0 radical (unpaired) electrons. The van der Waals surface area contributed by atoms with E-state index in [-0.39, 0.29) is 11.8 Å². The average Bonchev–Trinajstić information content (AvgIpc) is 2.40. The van der Waals surface area contributed by atoms with E-state index in [0.29, 0.717) is 19.6 Å². The summed E-state index contributed by atoms with van der Waals surface area (Å²) in [5, 5.41) is 0. The molecule has 0 atom stereocenters. The molecular formula is C14H23N3O2. The van der Waals surface area contributed by atoms with Gasteiger partial charge in [0.15, 0.2) is 0 Å². The van der Waals surface area contributed by atoms with Gasteiger partial charge in [-0.2, -0.15) is 0 Å². The maximum Gasteiger partial charge on any atom is 0.246 e. The number of carbonyl (C=O) groups excluding carboxylic acids is 2. The minimum atomic E-state index is -0.302. The lowest BCUT2D eigenvalue weighted by atomic mass is 9.94. The molecule has 19 heavy (non-hydrogen) atoms. The molecule has 2 aliphatic rings. The van der Waals surface area contributed by atoms with Crippen molar-refractivity contribution in [1.82, 2.24) is 9.80 Å². The molecule has 106 valence electrons. The zero-order valence-corrected chi connectivity index (χ0v) is 11.4. The molecule has 1 aliphatic carbocycles. The van der Waals surface area contributed by atoms with Gasteiger partial charge in [-0.3, -0.25) is 14.5 Å². The summed E-state index contributed by atoms with van der Waals surface area (Å²) in [6, 6.07) is 0. The number of nitrogens with zero attached hydrogens (tertiary/aromatic N) is 2. The maximum atomic E-state index is 12.1. The lowest BCUT2D eigenvalue weighted by molar-refractivity contribution is -0.128. The highest BCUT2D eigenvalue weighted by molar-refractivity contribution is 5.88. The predicted octanol–water partition coefficient (Wildman–Crippen LogP) is 0.506. The van der Waals surface area contributed by atoms with Crippen LogP contribution in [-0.2, 0) is 9.59 Å². The Morgan fingerprint density at radius 2 is 1.68 bits per heavy atom. The molecule has 1 saturated carbocycles. The predicted molar refractivity (Wildman–Crippen MR) is 73.4 cm³/mol. The van der Waals surface area contributed by atoms with Crippen LogP contribution in [0.1, 0.15) is 32.1 Å². The van der Waals surface area contributed by atoms with Crippen molar-refractivity contribution in [2.24, 2.45) is 5.73 Å². The van der Waals surface area contributed by atoms with E-state index in [4.69, 9.17) is 5.73 Å². The Bertz CT molecular complexity index is 363. The number of carbonyl (C=O) groups is 2. The largest absolute Gasteiger partial charge is 0.369 e. The van der Waals surface area contributed by atoms with E-state index in [1.165, 1.54) is 24.8 Å². The Kier molecular flexibility index (Phi) is 4.96. The molecule has 0 unspecified atom stereocenters. The second-order valence-electron chi connectivity index (χ2n) is 5.43. The van der Waals surface area contributed by atoms with Gasteiger partial charge in [0.25, 0.3) is 0 Å². The van der Waals surface area contributed by atoms with Gasteiger partial charge in [-0.25, -0.2) is 0 Å². The maximum absolute atomic E-state index is 12.1. The minimum absolute atomic E-state index is 0.135. The highest BCUT2D eigenvalue weighted by atomic mass is 16.2. The van der Waals surface area contributed by atoms with E-state index in [9.17, 15) is 9.59 Å². The fourth-order valence-electron chi connectivity index (χ4n) is 2.76. The molecule has 5 nitrogen and oxygen atoms in total. The third-order valence-corrected chi connectivity index (χ3v) is 3.89. The Hall–Kier alpha value is -1.36. The van der Waals surface area contributed by atoms with Crippen LogP contribution in [0.15, 0.2) is 11.6 Å². The van der Waals surface area contributed by atoms with Crippen LogP contribution in [-0.4, -0.2) is 54.3 Å². The van der Waals surface area contributed by atoms with Crippen molar-refractivity contribution in [1.29, 1.82) is 0 Å². The van der Waals surface area contributed by atoms with Crippen LogP contribution >= 0.6 is 0 Å². The summed E-state index contributed by atoms with van der Waals surface area (Å²) >= 11 is 0. The van der Waals surface area contributed by atoms with E-state index in [1.807, 2.05) is 15.9 Å². The first-order chi connectivity index (χ1) is 9.15. The normalized spacial score (nSPS) is 21.3. The van der Waals surface area contributed by atoms with E-state index in [0.717, 1.165) is 25.9 Å². The summed E-state index contributed by atoms with van der Waals surface area (Å²) in [6.45, 7) is 3.14. The number of allylic oxidation sites excluding steroid dienone is 1. The van der Waals surface area contributed by atoms with Gasteiger partial charge in [0, 0.05) is 32.3 Å². The summed E-state index contributed by atoms with van der Waals surface area (Å²) in [4.78, 5) is 26.8. The number of hydrogen-bond donors (Lipinski definition) is 1. The van der Waals surface area contributed by atoms with Crippen LogP contribution in [0, 0.1) is 0 Å². The third kappa shape index (κ3) is 4.35. The van der Waals surface area contributed by atoms with E-state index >= 15 is 0 Å². The summed E-state index contributed by atoms with van der Waals surface area (Å²) in [6.07, 6.45) is 7.71. The standard InChI is InChI=1S/C14H23N3O2/c15-13(18)11-16-6-8-17(9-7-16)14(19)10-12-4-2-1-3-5-12/h10H,1-9,11H2,(H2,15,18). The van der Waals surface area contributed by atoms with Crippen molar-refractivity contribution in [3.05, 3.63) is 11.6 Å². The fraction of sp³-hybridized carbons (Fsp3) is 0.714. The highest BCUT2D eigenvalue weighted by Crippen LogP contribution is 2.22. The van der Waals surface area contributed by atoms with Crippen LogP contribution in [0.3, 0.4) is 0 Å². The van der Waals surface area contributed by atoms with Gasteiger partial charge in [0.1, 0.15) is 0 Å². The molecule has 0 aromatic heterocycles. The van der Waals surface area contributed by atoms with Crippen LogP contribution in [0.5, 0.6) is 0 Å². The number of nitrogens with two attached hydrogens (primary N) is 1. The molecule has 0 aromatic carbocycles. The topological polar surface area (TPSA) is 66.6 Å². The number of piperazine rings is 1. The Morgan fingerprint density at radius 3 is 2.26 bits per heavy atom. The number of hydrogen-bond acceptors (Lipinski definition) is 3. The molecule has 0 aromatic rings. The van der Waals surface area contributed by atoms with Gasteiger partial charge in [-0.05, 0) is 25.7 Å². The van der Waals surface area contributed by atoms with Crippen LogP contribution < -0.4 is 5.73 Å². The Balaban J connectivity index is 1.80. The number of rotatable bonds is 3. The van der Waals surface area contributed by atoms with Crippen LogP contribution in [0.25, 0.3) is 0 Å². The summed E-state index contributed by atoms with van der Waals surface area (Å²) < 4.78 is 0. The summed E-state index contributed by atoms with van der Waals surface area (Å²) in [7, 11) is 0. The first-order valence-electron chi connectivity index (χ1n) is 7.14. The molecule has 0 bridgehead atoms. The molecule has 2 fully saturated rings.